The fraction of sp³-hybridized carbons (Fsp3) is 0.600. The van der Waals surface area contributed by atoms with Crippen LogP contribution in [-0.4, -0.2) is 54.9 Å². The van der Waals surface area contributed by atoms with Crippen LogP contribution in [0.25, 0.3) is 0 Å². The van der Waals surface area contributed by atoms with Gasteiger partial charge in [-0.25, -0.2) is 8.42 Å². The van der Waals surface area contributed by atoms with E-state index in [0.717, 1.165) is 5.82 Å². The van der Waals surface area contributed by atoms with Gasteiger partial charge in [-0.1, -0.05) is 0 Å². The van der Waals surface area contributed by atoms with Crippen LogP contribution in [0.5, 0.6) is 0 Å². The third kappa shape index (κ3) is 2.73. The van der Waals surface area contributed by atoms with Crippen LogP contribution in [0.3, 0.4) is 0 Å². The maximum atomic E-state index is 11.7. The Morgan fingerprint density at radius 3 is 2.53 bits per heavy atom. The van der Waals surface area contributed by atoms with Gasteiger partial charge in [0, 0.05) is 32.4 Å². The largest absolute Gasteiger partial charge is 0.352 e. The first kappa shape index (κ1) is 12.3. The lowest BCUT2D eigenvalue weighted by molar-refractivity contribution is 0.384. The summed E-state index contributed by atoms with van der Waals surface area (Å²) < 4.78 is 24.9. The molecule has 2 heterocycles. The summed E-state index contributed by atoms with van der Waals surface area (Å²) in [7, 11) is -3.06. The second-order valence-electron chi connectivity index (χ2n) is 3.87. The Labute approximate surface area is 101 Å². The summed E-state index contributed by atoms with van der Waals surface area (Å²) >= 11 is 0. The lowest BCUT2D eigenvalue weighted by Crippen LogP contribution is -2.49. The van der Waals surface area contributed by atoms with Gasteiger partial charge in [0.1, 0.15) is 0 Å². The number of hydrogen-bond donors (Lipinski definition) is 0. The highest BCUT2D eigenvalue weighted by atomic mass is 32.2. The molecule has 7 heteroatoms. The molecule has 1 aliphatic rings. The van der Waals surface area contributed by atoms with Crippen molar-refractivity contribution in [3.8, 4) is 0 Å². The van der Waals surface area contributed by atoms with Crippen molar-refractivity contribution in [1.82, 2.24) is 14.5 Å². The summed E-state index contributed by atoms with van der Waals surface area (Å²) in [5.74, 6) is 0.971. The van der Waals surface area contributed by atoms with E-state index in [9.17, 15) is 8.42 Å². The van der Waals surface area contributed by atoms with Gasteiger partial charge in [0.2, 0.25) is 10.0 Å². The van der Waals surface area contributed by atoms with Gasteiger partial charge in [0.05, 0.1) is 5.75 Å². The van der Waals surface area contributed by atoms with E-state index in [1.165, 1.54) is 0 Å². The number of rotatable bonds is 3. The highest BCUT2D eigenvalue weighted by Crippen LogP contribution is 2.13. The molecule has 0 aliphatic carbocycles. The SMILES string of the molecule is CCS(=O)(=O)N1CCN(c2cccnn2)CC1. The molecule has 1 aliphatic heterocycles. The van der Waals surface area contributed by atoms with Crippen LogP contribution in [0.2, 0.25) is 0 Å². The van der Waals surface area contributed by atoms with Crippen molar-refractivity contribution < 1.29 is 8.42 Å². The molecule has 0 unspecified atom stereocenters. The summed E-state index contributed by atoms with van der Waals surface area (Å²) in [6.07, 6.45) is 1.63. The quantitative estimate of drug-likeness (QED) is 0.758. The van der Waals surface area contributed by atoms with E-state index < -0.39 is 10.0 Å². The van der Waals surface area contributed by atoms with E-state index in [1.54, 1.807) is 17.4 Å². The molecule has 2 rings (SSSR count). The Bertz CT molecular complexity index is 454. The highest BCUT2D eigenvalue weighted by molar-refractivity contribution is 7.89. The zero-order valence-electron chi connectivity index (χ0n) is 9.78. The molecule has 1 fully saturated rings. The van der Waals surface area contributed by atoms with Gasteiger partial charge >= 0.3 is 0 Å². The maximum Gasteiger partial charge on any atom is 0.213 e. The lowest BCUT2D eigenvalue weighted by Gasteiger charge is -2.34. The van der Waals surface area contributed by atoms with Crippen molar-refractivity contribution in [3.63, 3.8) is 0 Å². The average Bonchev–Trinajstić information content (AvgIpc) is 2.40. The van der Waals surface area contributed by atoms with Crippen LogP contribution in [0.15, 0.2) is 18.3 Å². The fourth-order valence-corrected chi connectivity index (χ4v) is 2.92. The Morgan fingerprint density at radius 1 is 1.29 bits per heavy atom. The van der Waals surface area contributed by atoms with Crippen molar-refractivity contribution in [2.45, 2.75) is 6.92 Å². The summed E-state index contributed by atoms with van der Waals surface area (Å²) in [4.78, 5) is 2.05. The fourth-order valence-electron chi connectivity index (χ4n) is 1.84. The summed E-state index contributed by atoms with van der Waals surface area (Å²) in [5.41, 5.74) is 0. The molecule has 0 aromatic carbocycles. The molecule has 1 aromatic heterocycles. The van der Waals surface area contributed by atoms with Crippen molar-refractivity contribution in [1.29, 1.82) is 0 Å². The number of hydrogen-bond acceptors (Lipinski definition) is 5. The van der Waals surface area contributed by atoms with E-state index in [4.69, 9.17) is 0 Å². The first-order chi connectivity index (χ1) is 8.13. The van der Waals surface area contributed by atoms with Gasteiger partial charge in [-0.2, -0.15) is 9.40 Å². The third-order valence-corrected chi connectivity index (χ3v) is 4.76. The van der Waals surface area contributed by atoms with Crippen LogP contribution >= 0.6 is 0 Å². The predicted molar refractivity (Wildman–Crippen MR) is 65.3 cm³/mol. The smallest absolute Gasteiger partial charge is 0.213 e. The van der Waals surface area contributed by atoms with E-state index in [1.807, 2.05) is 12.1 Å². The molecule has 0 atom stereocenters. The Hall–Kier alpha value is -1.21. The molecule has 1 saturated heterocycles. The number of anilines is 1. The Morgan fingerprint density at radius 2 is 2.00 bits per heavy atom. The van der Waals surface area contributed by atoms with E-state index in [0.29, 0.717) is 26.2 Å². The standard InChI is InChI=1S/C10H16N4O2S/c1-2-17(15,16)14-8-6-13(7-9-14)10-4-3-5-11-12-10/h3-5H,2,6-9H2,1H3. The van der Waals surface area contributed by atoms with Crippen molar-refractivity contribution >= 4 is 15.8 Å². The molecule has 6 nitrogen and oxygen atoms in total. The van der Waals surface area contributed by atoms with Gasteiger partial charge in [-0.3, -0.25) is 0 Å². The first-order valence-corrected chi connectivity index (χ1v) is 7.25. The van der Waals surface area contributed by atoms with Crippen molar-refractivity contribution in [2.75, 3.05) is 36.8 Å². The molecule has 0 N–H and O–H groups in total. The molecule has 17 heavy (non-hydrogen) atoms. The molecule has 0 spiro atoms. The summed E-state index contributed by atoms with van der Waals surface area (Å²) in [5, 5.41) is 7.84. The molecular formula is C10H16N4O2S. The van der Waals surface area contributed by atoms with Gasteiger partial charge in [0.15, 0.2) is 5.82 Å². The van der Waals surface area contributed by atoms with E-state index >= 15 is 0 Å². The second kappa shape index (κ2) is 4.97. The minimum Gasteiger partial charge on any atom is -0.352 e. The van der Waals surface area contributed by atoms with Gasteiger partial charge in [-0.15, -0.1) is 5.10 Å². The predicted octanol–water partition coefficient (Wildman–Crippen LogP) is -0.0517. The molecule has 0 amide bonds. The number of nitrogens with zero attached hydrogens (tertiary/aromatic N) is 4. The van der Waals surface area contributed by atoms with Crippen LogP contribution in [0, 0.1) is 0 Å². The first-order valence-electron chi connectivity index (χ1n) is 5.64. The van der Waals surface area contributed by atoms with Crippen LogP contribution in [0.1, 0.15) is 6.92 Å². The highest BCUT2D eigenvalue weighted by Gasteiger charge is 2.25. The number of piperazine rings is 1. The maximum absolute atomic E-state index is 11.7. The molecule has 0 radical (unpaired) electrons. The third-order valence-electron chi connectivity index (χ3n) is 2.88. The monoisotopic (exact) mass is 256 g/mol. The number of aromatic nitrogens is 2. The van der Waals surface area contributed by atoms with E-state index in [-0.39, 0.29) is 5.75 Å². The molecule has 1 aromatic rings. The van der Waals surface area contributed by atoms with Gasteiger partial charge < -0.3 is 4.90 Å². The topological polar surface area (TPSA) is 66.4 Å². The minimum absolute atomic E-state index is 0.165. The molecular weight excluding hydrogens is 240 g/mol. The zero-order valence-corrected chi connectivity index (χ0v) is 10.6. The van der Waals surface area contributed by atoms with Gasteiger partial charge in [0.25, 0.3) is 0 Å². The minimum atomic E-state index is -3.06. The molecule has 0 bridgehead atoms. The Kier molecular flexibility index (Phi) is 3.58. The number of sulfonamides is 1. The molecule has 94 valence electrons. The normalized spacial score (nSPS) is 18.3. The average molecular weight is 256 g/mol. The van der Waals surface area contributed by atoms with Crippen molar-refractivity contribution in [2.24, 2.45) is 0 Å². The van der Waals surface area contributed by atoms with Crippen molar-refractivity contribution in [3.05, 3.63) is 18.3 Å². The lowest BCUT2D eigenvalue weighted by atomic mass is 10.3. The van der Waals surface area contributed by atoms with E-state index in [2.05, 4.69) is 15.1 Å². The summed E-state index contributed by atoms with van der Waals surface area (Å²) in [6.45, 7) is 4.04. The molecule has 0 saturated carbocycles. The van der Waals surface area contributed by atoms with Gasteiger partial charge in [-0.05, 0) is 19.1 Å². The summed E-state index contributed by atoms with van der Waals surface area (Å²) in [6, 6.07) is 3.72. The van der Waals surface area contributed by atoms with Crippen LogP contribution in [0.4, 0.5) is 5.82 Å². The zero-order chi connectivity index (χ0) is 12.3. The Balaban J connectivity index is 2.00. The van der Waals surface area contributed by atoms with Crippen LogP contribution in [-0.2, 0) is 10.0 Å². The second-order valence-corrected chi connectivity index (χ2v) is 6.13. The van der Waals surface area contributed by atoms with Crippen LogP contribution < -0.4 is 4.90 Å².